The first-order chi connectivity index (χ1) is 10.3. The molecule has 0 aromatic carbocycles. The number of nitrogens with one attached hydrogen (secondary N) is 1. The lowest BCUT2D eigenvalue weighted by molar-refractivity contribution is -0.0443. The van der Waals surface area contributed by atoms with Crippen LogP contribution in [0.25, 0.3) is 0 Å². The van der Waals surface area contributed by atoms with Gasteiger partial charge in [-0.2, -0.15) is 0 Å². The second kappa shape index (κ2) is 5.85. The summed E-state index contributed by atoms with van der Waals surface area (Å²) in [5.41, 5.74) is 1.04. The van der Waals surface area contributed by atoms with E-state index in [4.69, 9.17) is 0 Å². The molecule has 0 unspecified atom stereocenters. The zero-order valence-electron chi connectivity index (χ0n) is 13.8. The molecule has 2 nitrogen and oxygen atoms in total. The lowest BCUT2D eigenvalue weighted by Crippen LogP contribution is -2.71. The molecule has 1 saturated heterocycles. The second-order valence-electron chi connectivity index (χ2n) is 8.55. The predicted octanol–water partition coefficient (Wildman–Crippen LogP) is 4.24. The van der Waals surface area contributed by atoms with Crippen LogP contribution in [-0.2, 0) is 0 Å². The Hall–Kier alpha value is -0.0800. The van der Waals surface area contributed by atoms with Gasteiger partial charge in [-0.15, -0.1) is 0 Å². The van der Waals surface area contributed by atoms with E-state index in [1.165, 1.54) is 103 Å². The highest BCUT2D eigenvalue weighted by atomic mass is 15.3. The van der Waals surface area contributed by atoms with Crippen LogP contribution < -0.4 is 5.32 Å². The standard InChI is InChI=1S/C19H34N2/c1-3-9-17(10-4-1)21-16-18(11-5-2-6-12-18)20-15-19(21)13-7-8-14-19/h17,20H,1-16H2. The molecule has 2 spiro atoms. The van der Waals surface area contributed by atoms with E-state index in [2.05, 4.69) is 10.2 Å². The van der Waals surface area contributed by atoms with Crippen LogP contribution in [0.3, 0.4) is 0 Å². The third-order valence-corrected chi connectivity index (χ3v) is 7.24. The highest BCUT2D eigenvalue weighted by Gasteiger charge is 2.50. The smallest absolute Gasteiger partial charge is 0.0337 e. The molecule has 1 heterocycles. The highest BCUT2D eigenvalue weighted by molar-refractivity contribution is 5.09. The molecule has 21 heavy (non-hydrogen) atoms. The molecule has 0 aromatic heterocycles. The Morgan fingerprint density at radius 1 is 0.714 bits per heavy atom. The van der Waals surface area contributed by atoms with Crippen LogP contribution in [0.2, 0.25) is 0 Å². The van der Waals surface area contributed by atoms with Gasteiger partial charge in [0.1, 0.15) is 0 Å². The van der Waals surface area contributed by atoms with Gasteiger partial charge in [0.05, 0.1) is 0 Å². The average molecular weight is 290 g/mol. The van der Waals surface area contributed by atoms with Gasteiger partial charge in [-0.1, -0.05) is 51.4 Å². The molecule has 4 rings (SSSR count). The van der Waals surface area contributed by atoms with Crippen molar-refractivity contribution in [2.24, 2.45) is 0 Å². The molecule has 0 bridgehead atoms. The molecular weight excluding hydrogens is 256 g/mol. The van der Waals surface area contributed by atoms with Crippen molar-refractivity contribution in [1.29, 1.82) is 0 Å². The van der Waals surface area contributed by atoms with Crippen molar-refractivity contribution < 1.29 is 0 Å². The molecular formula is C19H34N2. The van der Waals surface area contributed by atoms with Crippen LogP contribution in [0, 0.1) is 0 Å². The van der Waals surface area contributed by atoms with E-state index in [1.807, 2.05) is 0 Å². The highest BCUT2D eigenvalue weighted by Crippen LogP contribution is 2.44. The first-order valence-electron chi connectivity index (χ1n) is 9.84. The molecule has 0 aromatic rings. The summed E-state index contributed by atoms with van der Waals surface area (Å²) in [6, 6.07) is 0.915. The summed E-state index contributed by atoms with van der Waals surface area (Å²) in [6.45, 7) is 2.67. The summed E-state index contributed by atoms with van der Waals surface area (Å²) < 4.78 is 0. The molecule has 2 heteroatoms. The molecule has 0 amide bonds. The van der Waals surface area contributed by atoms with Crippen molar-refractivity contribution in [3.05, 3.63) is 0 Å². The molecule has 120 valence electrons. The van der Waals surface area contributed by atoms with Crippen molar-refractivity contribution in [2.75, 3.05) is 13.1 Å². The summed E-state index contributed by atoms with van der Waals surface area (Å²) >= 11 is 0. The SMILES string of the molecule is C1CCC(N2CC3(CCCCC3)NCC23CCCC3)CC1. The van der Waals surface area contributed by atoms with Gasteiger partial charge < -0.3 is 5.32 Å². The van der Waals surface area contributed by atoms with Crippen molar-refractivity contribution in [3.63, 3.8) is 0 Å². The van der Waals surface area contributed by atoms with Crippen molar-refractivity contribution in [3.8, 4) is 0 Å². The van der Waals surface area contributed by atoms with Gasteiger partial charge >= 0.3 is 0 Å². The maximum absolute atomic E-state index is 4.09. The lowest BCUT2D eigenvalue weighted by atomic mass is 9.75. The molecule has 3 saturated carbocycles. The number of nitrogens with zero attached hydrogens (tertiary/aromatic N) is 1. The quantitative estimate of drug-likeness (QED) is 0.777. The van der Waals surface area contributed by atoms with Crippen LogP contribution in [0.4, 0.5) is 0 Å². The van der Waals surface area contributed by atoms with Crippen molar-refractivity contribution in [1.82, 2.24) is 10.2 Å². The zero-order chi connectivity index (χ0) is 14.2. The summed E-state index contributed by atoms with van der Waals surface area (Å²) in [4.78, 5) is 3.07. The summed E-state index contributed by atoms with van der Waals surface area (Å²) in [5.74, 6) is 0. The first kappa shape index (κ1) is 14.5. The number of hydrogen-bond donors (Lipinski definition) is 1. The van der Waals surface area contributed by atoms with Gasteiger partial charge in [0.2, 0.25) is 0 Å². The minimum absolute atomic E-state index is 0.490. The zero-order valence-corrected chi connectivity index (χ0v) is 13.8. The topological polar surface area (TPSA) is 15.3 Å². The molecule has 3 aliphatic carbocycles. The Balaban J connectivity index is 1.56. The summed E-state index contributed by atoms with van der Waals surface area (Å²) in [6.07, 6.45) is 20.5. The Morgan fingerprint density at radius 3 is 2.05 bits per heavy atom. The third kappa shape index (κ3) is 2.67. The van der Waals surface area contributed by atoms with Gasteiger partial charge in [0.25, 0.3) is 0 Å². The Labute approximate surface area is 131 Å². The molecule has 4 fully saturated rings. The van der Waals surface area contributed by atoms with Gasteiger partial charge in [-0.3, -0.25) is 4.90 Å². The normalized spacial score (nSPS) is 33.7. The number of rotatable bonds is 1. The largest absolute Gasteiger partial charge is 0.308 e. The van der Waals surface area contributed by atoms with E-state index in [0.29, 0.717) is 11.1 Å². The fraction of sp³-hybridized carbons (Fsp3) is 1.00. The van der Waals surface area contributed by atoms with Crippen LogP contribution in [0.15, 0.2) is 0 Å². The van der Waals surface area contributed by atoms with Gasteiger partial charge in [-0.05, 0) is 38.5 Å². The van der Waals surface area contributed by atoms with E-state index in [1.54, 1.807) is 0 Å². The Bertz CT molecular complexity index is 347. The molecule has 0 atom stereocenters. The van der Waals surface area contributed by atoms with Crippen molar-refractivity contribution >= 4 is 0 Å². The van der Waals surface area contributed by atoms with Crippen LogP contribution >= 0.6 is 0 Å². The van der Waals surface area contributed by atoms with Crippen LogP contribution in [0.1, 0.15) is 89.9 Å². The summed E-state index contributed by atoms with van der Waals surface area (Å²) in [5, 5.41) is 4.09. The van der Waals surface area contributed by atoms with Gasteiger partial charge in [0, 0.05) is 30.2 Å². The third-order valence-electron chi connectivity index (χ3n) is 7.24. The lowest BCUT2D eigenvalue weighted by Gasteiger charge is -2.58. The van der Waals surface area contributed by atoms with Gasteiger partial charge in [0.15, 0.2) is 0 Å². The molecule has 1 aliphatic heterocycles. The fourth-order valence-corrected chi connectivity index (χ4v) is 5.97. The van der Waals surface area contributed by atoms with E-state index >= 15 is 0 Å². The Morgan fingerprint density at radius 2 is 1.33 bits per heavy atom. The van der Waals surface area contributed by atoms with E-state index < -0.39 is 0 Å². The first-order valence-corrected chi connectivity index (χ1v) is 9.84. The molecule has 4 aliphatic rings. The minimum atomic E-state index is 0.490. The molecule has 0 radical (unpaired) electrons. The fourth-order valence-electron chi connectivity index (χ4n) is 5.97. The molecule has 1 N–H and O–H groups in total. The Kier molecular flexibility index (Phi) is 4.04. The average Bonchev–Trinajstić information content (AvgIpc) is 3.02. The second-order valence-corrected chi connectivity index (χ2v) is 8.55. The van der Waals surface area contributed by atoms with Crippen LogP contribution in [0.5, 0.6) is 0 Å². The maximum Gasteiger partial charge on any atom is 0.0337 e. The van der Waals surface area contributed by atoms with Crippen LogP contribution in [-0.4, -0.2) is 35.1 Å². The monoisotopic (exact) mass is 290 g/mol. The summed E-state index contributed by atoms with van der Waals surface area (Å²) in [7, 11) is 0. The van der Waals surface area contributed by atoms with E-state index in [-0.39, 0.29) is 0 Å². The maximum atomic E-state index is 4.09. The number of piperazine rings is 1. The minimum Gasteiger partial charge on any atom is -0.308 e. The van der Waals surface area contributed by atoms with Gasteiger partial charge in [-0.25, -0.2) is 0 Å². The predicted molar refractivity (Wildman–Crippen MR) is 88.6 cm³/mol. The van der Waals surface area contributed by atoms with Crippen molar-refractivity contribution in [2.45, 2.75) is 107 Å². The van der Waals surface area contributed by atoms with E-state index in [0.717, 1.165) is 6.04 Å². The van der Waals surface area contributed by atoms with E-state index in [9.17, 15) is 0 Å². The number of hydrogen-bond acceptors (Lipinski definition) is 2.